The van der Waals surface area contributed by atoms with Crippen molar-refractivity contribution in [2.75, 3.05) is 20.8 Å². The fourth-order valence-corrected chi connectivity index (χ4v) is 6.19. The molecular weight excluding hydrogens is 598 g/mol. The highest BCUT2D eigenvalue weighted by Crippen LogP contribution is 2.43. The number of imide groups is 1. The van der Waals surface area contributed by atoms with Gasteiger partial charge in [-0.1, -0.05) is 72.8 Å². The van der Waals surface area contributed by atoms with Crippen molar-refractivity contribution in [3.63, 3.8) is 0 Å². The van der Waals surface area contributed by atoms with Gasteiger partial charge < -0.3 is 29.8 Å². The number of nitrogens with two attached hydrogens (primary N) is 1. The van der Waals surface area contributed by atoms with Crippen molar-refractivity contribution >= 4 is 17.8 Å². The van der Waals surface area contributed by atoms with Gasteiger partial charge in [-0.15, -0.1) is 9.48 Å². The van der Waals surface area contributed by atoms with E-state index in [9.17, 15) is 14.7 Å². The van der Waals surface area contributed by atoms with Gasteiger partial charge >= 0.3 is 11.9 Å². The van der Waals surface area contributed by atoms with E-state index in [1.165, 1.54) is 12.3 Å². The molecule has 4 aromatic rings. The maximum atomic E-state index is 14.0. The van der Waals surface area contributed by atoms with Gasteiger partial charge in [0.1, 0.15) is 35.2 Å². The van der Waals surface area contributed by atoms with Gasteiger partial charge in [0.05, 0.1) is 38.9 Å². The van der Waals surface area contributed by atoms with Gasteiger partial charge in [-0.25, -0.2) is 9.59 Å². The summed E-state index contributed by atoms with van der Waals surface area (Å²) in [6, 6.07) is 32.6. The lowest BCUT2D eigenvalue weighted by molar-refractivity contribution is -0.771. The van der Waals surface area contributed by atoms with Crippen LogP contribution in [0.3, 0.4) is 0 Å². The molecule has 2 heterocycles. The highest BCUT2D eigenvalue weighted by molar-refractivity contribution is 6.05. The second-order valence-corrected chi connectivity index (χ2v) is 11.3. The van der Waals surface area contributed by atoms with Gasteiger partial charge in [-0.3, -0.25) is 0 Å². The monoisotopic (exact) mass is 634 g/mol. The fourth-order valence-electron chi connectivity index (χ4n) is 6.19. The largest absolute Gasteiger partial charge is 0.497 e. The second-order valence-electron chi connectivity index (χ2n) is 11.3. The fraction of sp³-hybridized carbons (Fsp3) is 0.216. The lowest BCUT2D eigenvalue weighted by Crippen LogP contribution is -2.60. The maximum Gasteiger partial charge on any atom is 0.459 e. The lowest BCUT2D eigenvalue weighted by atomic mass is 9.80. The van der Waals surface area contributed by atoms with Crippen LogP contribution in [0.2, 0.25) is 0 Å². The molecule has 0 spiro atoms. The average Bonchev–Trinajstić information content (AvgIpc) is 3.50. The number of hydrogen-bond acceptors (Lipinski definition) is 8. The average molecular weight is 635 g/mol. The van der Waals surface area contributed by atoms with Crippen LogP contribution in [0.25, 0.3) is 0 Å². The minimum Gasteiger partial charge on any atom is -0.497 e. The molecule has 2 aliphatic rings. The number of ether oxygens (including phenoxy) is 4. The van der Waals surface area contributed by atoms with Crippen molar-refractivity contribution in [3.05, 3.63) is 144 Å². The van der Waals surface area contributed by atoms with Crippen LogP contribution < -0.4 is 15.2 Å². The summed E-state index contributed by atoms with van der Waals surface area (Å²) >= 11 is 0. The first kappa shape index (κ1) is 31.8. The molecule has 1 unspecified atom stereocenters. The van der Waals surface area contributed by atoms with Crippen LogP contribution in [0.5, 0.6) is 11.5 Å². The normalized spacial score (nSPS) is 22.5. The van der Waals surface area contributed by atoms with Gasteiger partial charge in [0.15, 0.2) is 0 Å². The number of aliphatic imine (C=N–C) groups is 1. The van der Waals surface area contributed by atoms with Gasteiger partial charge in [-0.2, -0.15) is 0 Å². The third kappa shape index (κ3) is 5.84. The molecule has 3 N–H and O–H groups in total. The minimum absolute atomic E-state index is 0.0188. The Labute approximate surface area is 272 Å². The number of benzene rings is 4. The molecule has 0 aromatic heterocycles. The molecule has 3 amide bonds. The zero-order chi connectivity index (χ0) is 33.0. The lowest BCUT2D eigenvalue weighted by Gasteiger charge is -2.37. The maximum absolute atomic E-state index is 14.0. The summed E-state index contributed by atoms with van der Waals surface area (Å²) < 4.78 is 23.3. The second kappa shape index (κ2) is 13.3. The molecule has 10 heteroatoms. The molecule has 2 aliphatic heterocycles. The Morgan fingerprint density at radius 3 is 1.94 bits per heavy atom. The van der Waals surface area contributed by atoms with E-state index in [-0.39, 0.29) is 18.9 Å². The first-order valence-corrected chi connectivity index (χ1v) is 15.2. The molecular formula is C37H36N3O7+. The Morgan fingerprint density at radius 2 is 1.40 bits per heavy atom. The van der Waals surface area contributed by atoms with Crippen molar-refractivity contribution in [2.45, 2.75) is 30.5 Å². The smallest absolute Gasteiger partial charge is 0.459 e. The summed E-state index contributed by atoms with van der Waals surface area (Å²) in [6.45, 7) is -0.0898. The Balaban J connectivity index is 1.38. The highest BCUT2D eigenvalue weighted by atomic mass is 16.6. The number of urea groups is 1. The number of aliphatic hydroxyl groups is 1. The molecule has 47 heavy (non-hydrogen) atoms. The van der Waals surface area contributed by atoms with Crippen LogP contribution in [0.1, 0.15) is 33.5 Å². The van der Waals surface area contributed by atoms with Gasteiger partial charge in [-0.05, 0) is 53.1 Å². The van der Waals surface area contributed by atoms with Crippen molar-refractivity contribution < 1.29 is 38.1 Å². The number of amidine groups is 1. The van der Waals surface area contributed by atoms with Crippen molar-refractivity contribution in [1.29, 1.82) is 0 Å². The minimum atomic E-state index is -1.16. The number of hydrogen-bond donors (Lipinski definition) is 2. The Morgan fingerprint density at radius 1 is 0.872 bits per heavy atom. The summed E-state index contributed by atoms with van der Waals surface area (Å²) in [5, 5.41) is 11.4. The van der Waals surface area contributed by atoms with E-state index in [1.807, 2.05) is 78.9 Å². The Hall–Kier alpha value is -5.13. The molecule has 240 valence electrons. The summed E-state index contributed by atoms with van der Waals surface area (Å²) in [4.78, 5) is 31.4. The molecule has 1 saturated heterocycles. The molecule has 6 rings (SSSR count). The van der Waals surface area contributed by atoms with Crippen LogP contribution in [0.15, 0.2) is 126 Å². The molecule has 0 radical (unpaired) electrons. The van der Waals surface area contributed by atoms with E-state index >= 15 is 0 Å². The quantitative estimate of drug-likeness (QED) is 0.181. The molecule has 4 aromatic carbocycles. The molecule has 4 atom stereocenters. The van der Waals surface area contributed by atoms with Gasteiger partial charge in [0, 0.05) is 6.08 Å². The number of nitrogens with zero attached hydrogens (tertiary/aromatic N) is 2. The van der Waals surface area contributed by atoms with E-state index < -0.39 is 40.5 Å². The number of methoxy groups -OCH3 is 2. The van der Waals surface area contributed by atoms with Gasteiger partial charge in [0.25, 0.3) is 0 Å². The van der Waals surface area contributed by atoms with E-state index in [0.717, 1.165) is 16.7 Å². The summed E-state index contributed by atoms with van der Waals surface area (Å²) in [6.07, 6.45) is -0.272. The Bertz CT molecular complexity index is 1730. The number of aliphatic hydroxyl groups excluding tert-OH is 1. The van der Waals surface area contributed by atoms with Gasteiger partial charge in [0.2, 0.25) is 6.23 Å². The van der Waals surface area contributed by atoms with Crippen LogP contribution >= 0.6 is 0 Å². The predicted molar refractivity (Wildman–Crippen MR) is 175 cm³/mol. The third-order valence-corrected chi connectivity index (χ3v) is 8.67. The van der Waals surface area contributed by atoms with Crippen LogP contribution in [-0.2, 0) is 15.1 Å². The third-order valence-electron chi connectivity index (χ3n) is 8.67. The Kier molecular flexibility index (Phi) is 9.01. The van der Waals surface area contributed by atoms with Crippen LogP contribution in [0.4, 0.5) is 4.79 Å². The van der Waals surface area contributed by atoms with E-state index in [1.54, 1.807) is 44.6 Å². The first-order valence-electron chi connectivity index (χ1n) is 15.2. The zero-order valence-corrected chi connectivity index (χ0v) is 26.1. The summed E-state index contributed by atoms with van der Waals surface area (Å²) in [5.41, 5.74) is 7.41. The van der Waals surface area contributed by atoms with Crippen LogP contribution in [0, 0.1) is 0 Å². The van der Waals surface area contributed by atoms with E-state index in [4.69, 9.17) is 24.7 Å². The molecule has 1 fully saturated rings. The molecule has 10 nitrogen and oxygen atoms in total. The standard InChI is InChI=1S/C37H35N3O7/c1-44-29-17-13-27(14-18-29)37(26-11-7-4-8-12-26,28-15-19-30(45-2)20-16-28)46-24-32-31(41)23-34(47-32)40(22-21-33(38)39-36(40)43)35(42)25-9-5-3-6-10-25/h3-22,31-32,34,41H,23-24H2,1-2H3,(H-,38,39,43)/p+1/t31-,32+,34+,40?/m0/s1. The number of quaternary nitrogens is 1. The summed E-state index contributed by atoms with van der Waals surface area (Å²) in [7, 11) is 3.21. The van der Waals surface area contributed by atoms with E-state index in [2.05, 4.69) is 4.99 Å². The predicted octanol–water partition coefficient (Wildman–Crippen LogP) is 5.15. The molecule has 0 aliphatic carbocycles. The number of rotatable bonds is 10. The number of carbonyl (C=O) groups is 2. The molecule has 0 saturated carbocycles. The van der Waals surface area contributed by atoms with E-state index in [0.29, 0.717) is 17.1 Å². The van der Waals surface area contributed by atoms with Crippen molar-refractivity contribution in [3.8, 4) is 11.5 Å². The summed E-state index contributed by atoms with van der Waals surface area (Å²) in [5.74, 6) is 0.802. The SMILES string of the molecule is COc1ccc(C(OC[C@H]2O[C@@H]([N+]3(C(=O)c4ccccc4)C=CC(N)=NC3=O)C[C@@H]2O)(c2ccccc2)c2ccc(OC)cc2)cc1. The number of carbonyl (C=O) groups excluding carboxylic acids is 2. The van der Waals surface area contributed by atoms with Crippen molar-refractivity contribution in [1.82, 2.24) is 0 Å². The topological polar surface area (TPSA) is 130 Å². The van der Waals surface area contributed by atoms with Crippen LogP contribution in [-0.4, -0.2) is 66.6 Å². The highest BCUT2D eigenvalue weighted by Gasteiger charge is 2.57. The van der Waals surface area contributed by atoms with Crippen molar-refractivity contribution in [2.24, 2.45) is 10.7 Å². The zero-order valence-electron chi connectivity index (χ0n) is 26.1. The first-order chi connectivity index (χ1) is 22.8. The number of amides is 3. The molecule has 0 bridgehead atoms.